The molecule has 1 aromatic heterocycles. The van der Waals surface area contributed by atoms with E-state index in [1.165, 1.54) is 61.2 Å². The molecule has 0 radical (unpaired) electrons. The third-order valence-electron chi connectivity index (χ3n) is 11.5. The number of anilines is 2. The van der Waals surface area contributed by atoms with E-state index in [0.29, 0.717) is 0 Å². The Kier molecular flexibility index (Phi) is 8.39. The Bertz CT molecular complexity index is 2610. The van der Waals surface area contributed by atoms with Crippen molar-refractivity contribution in [3.63, 3.8) is 0 Å². The van der Waals surface area contributed by atoms with Crippen LogP contribution in [0, 0.1) is 5.92 Å². The van der Waals surface area contributed by atoms with Crippen molar-refractivity contribution in [1.29, 1.82) is 0 Å². The number of nitrogens with zero attached hydrogens (tertiary/aromatic N) is 2. The summed E-state index contributed by atoms with van der Waals surface area (Å²) < 4.78 is 2.41. The van der Waals surface area contributed by atoms with Gasteiger partial charge < -0.3 is 9.47 Å². The molecule has 0 saturated heterocycles. The number of benzene rings is 6. The van der Waals surface area contributed by atoms with Crippen molar-refractivity contribution in [1.82, 2.24) is 4.57 Å². The molecule has 2 aliphatic carbocycles. The topological polar surface area (TPSA) is 8.17 Å². The Morgan fingerprint density at radius 1 is 0.685 bits per heavy atom. The van der Waals surface area contributed by atoms with E-state index in [0.717, 1.165) is 29.1 Å². The molecular weight excluding hydrogens is 653 g/mol. The van der Waals surface area contributed by atoms with Crippen molar-refractivity contribution < 1.29 is 0 Å². The summed E-state index contributed by atoms with van der Waals surface area (Å²) in [6.45, 7) is 11.5. The SMILES string of the molecule is C=C(/C=C\C(=C/C)N(c1ccccc1)c1ccc2c(c1)C(C)(C)c1ccccc1-2)C1C=Cc2c(c3ccccc3n2-c2ccc(-c3ccccc3)cc2)C1. The molecule has 2 aliphatic rings. The summed E-state index contributed by atoms with van der Waals surface area (Å²) in [7, 11) is 0. The van der Waals surface area contributed by atoms with Gasteiger partial charge in [-0.05, 0) is 112 Å². The van der Waals surface area contributed by atoms with Gasteiger partial charge in [-0.3, -0.25) is 0 Å². The normalized spacial score (nSPS) is 15.6. The van der Waals surface area contributed by atoms with Gasteiger partial charge in [-0.25, -0.2) is 0 Å². The van der Waals surface area contributed by atoms with Crippen LogP contribution in [-0.4, -0.2) is 4.57 Å². The fourth-order valence-corrected chi connectivity index (χ4v) is 8.65. The molecule has 1 heterocycles. The smallest absolute Gasteiger partial charge is 0.0537 e. The number of hydrogen-bond donors (Lipinski definition) is 0. The van der Waals surface area contributed by atoms with E-state index in [1.54, 1.807) is 0 Å². The minimum Gasteiger partial charge on any atom is -0.311 e. The van der Waals surface area contributed by atoms with Crippen LogP contribution in [0.15, 0.2) is 194 Å². The molecule has 7 aromatic rings. The highest BCUT2D eigenvalue weighted by molar-refractivity contribution is 5.91. The van der Waals surface area contributed by atoms with Gasteiger partial charge in [0.05, 0.1) is 5.52 Å². The summed E-state index contributed by atoms with van der Waals surface area (Å²) in [6, 6.07) is 54.8. The van der Waals surface area contributed by atoms with Crippen molar-refractivity contribution in [2.24, 2.45) is 5.92 Å². The van der Waals surface area contributed by atoms with E-state index in [-0.39, 0.29) is 11.3 Å². The first-order chi connectivity index (χ1) is 26.4. The van der Waals surface area contributed by atoms with Crippen LogP contribution in [0.5, 0.6) is 0 Å². The van der Waals surface area contributed by atoms with Gasteiger partial charge in [-0.2, -0.15) is 0 Å². The van der Waals surface area contributed by atoms with E-state index >= 15 is 0 Å². The highest BCUT2D eigenvalue weighted by Crippen LogP contribution is 2.50. The lowest BCUT2D eigenvalue weighted by molar-refractivity contribution is 0.660. The molecule has 1 atom stereocenters. The van der Waals surface area contributed by atoms with E-state index in [4.69, 9.17) is 0 Å². The maximum absolute atomic E-state index is 4.64. The maximum atomic E-state index is 4.64. The summed E-state index contributed by atoms with van der Waals surface area (Å²) in [4.78, 5) is 2.37. The lowest BCUT2D eigenvalue weighted by atomic mass is 9.82. The second-order valence-electron chi connectivity index (χ2n) is 15.0. The largest absolute Gasteiger partial charge is 0.311 e. The first-order valence-electron chi connectivity index (χ1n) is 19.0. The van der Waals surface area contributed by atoms with Gasteiger partial charge >= 0.3 is 0 Å². The Labute approximate surface area is 319 Å². The molecule has 0 amide bonds. The number of hydrogen-bond acceptors (Lipinski definition) is 1. The monoisotopic (exact) mass is 696 g/mol. The van der Waals surface area contributed by atoms with Crippen LogP contribution >= 0.6 is 0 Å². The molecule has 9 rings (SSSR count). The molecule has 0 spiro atoms. The third-order valence-corrected chi connectivity index (χ3v) is 11.5. The van der Waals surface area contributed by atoms with Crippen LogP contribution in [0.2, 0.25) is 0 Å². The fourth-order valence-electron chi connectivity index (χ4n) is 8.65. The molecule has 2 heteroatoms. The van der Waals surface area contributed by atoms with E-state index in [9.17, 15) is 0 Å². The minimum atomic E-state index is -0.0780. The molecule has 262 valence electrons. The van der Waals surface area contributed by atoms with Crippen LogP contribution in [0.25, 0.3) is 44.9 Å². The molecular formula is C52H44N2. The zero-order valence-corrected chi connectivity index (χ0v) is 31.2. The Morgan fingerprint density at radius 2 is 1.35 bits per heavy atom. The van der Waals surface area contributed by atoms with E-state index < -0.39 is 0 Å². The zero-order chi connectivity index (χ0) is 36.8. The maximum Gasteiger partial charge on any atom is 0.0537 e. The Hall–Kier alpha value is -6.38. The molecule has 54 heavy (non-hydrogen) atoms. The summed E-state index contributed by atoms with van der Waals surface area (Å²) in [5.41, 5.74) is 17.3. The van der Waals surface area contributed by atoms with Crippen LogP contribution in [0.4, 0.5) is 11.4 Å². The summed E-state index contributed by atoms with van der Waals surface area (Å²) >= 11 is 0. The first-order valence-corrected chi connectivity index (χ1v) is 19.0. The van der Waals surface area contributed by atoms with E-state index in [1.807, 2.05) is 0 Å². The molecule has 0 aliphatic heterocycles. The summed E-state index contributed by atoms with van der Waals surface area (Å²) in [5, 5.41) is 1.30. The van der Waals surface area contributed by atoms with Gasteiger partial charge in [-0.15, -0.1) is 0 Å². The zero-order valence-electron chi connectivity index (χ0n) is 31.2. The van der Waals surface area contributed by atoms with E-state index in [2.05, 4.69) is 219 Å². The highest BCUT2D eigenvalue weighted by atomic mass is 15.1. The van der Waals surface area contributed by atoms with Crippen molar-refractivity contribution in [3.8, 4) is 27.9 Å². The number of para-hydroxylation sites is 2. The average molecular weight is 697 g/mol. The fraction of sp³-hybridized carbons (Fsp3) is 0.115. The predicted octanol–water partition coefficient (Wildman–Crippen LogP) is 13.6. The van der Waals surface area contributed by atoms with Crippen LogP contribution in [0.1, 0.15) is 43.2 Å². The van der Waals surface area contributed by atoms with Gasteiger partial charge in [0, 0.05) is 45.2 Å². The Morgan fingerprint density at radius 3 is 2.13 bits per heavy atom. The van der Waals surface area contributed by atoms with Gasteiger partial charge in [0.25, 0.3) is 0 Å². The molecule has 1 unspecified atom stereocenters. The number of allylic oxidation sites excluding steroid dienone is 5. The highest BCUT2D eigenvalue weighted by Gasteiger charge is 2.35. The predicted molar refractivity (Wildman–Crippen MR) is 230 cm³/mol. The summed E-state index contributed by atoms with van der Waals surface area (Å²) in [6.07, 6.45) is 12.2. The van der Waals surface area contributed by atoms with Crippen molar-refractivity contribution in [2.45, 2.75) is 32.6 Å². The average Bonchev–Trinajstić information content (AvgIpc) is 3.67. The van der Waals surface area contributed by atoms with Gasteiger partial charge in [0.1, 0.15) is 0 Å². The lowest BCUT2D eigenvalue weighted by Gasteiger charge is -2.29. The van der Waals surface area contributed by atoms with Crippen molar-refractivity contribution >= 4 is 28.4 Å². The number of rotatable bonds is 8. The van der Waals surface area contributed by atoms with Crippen LogP contribution < -0.4 is 4.90 Å². The second kappa shape index (κ2) is 13.5. The summed E-state index contributed by atoms with van der Waals surface area (Å²) in [5.74, 6) is 0.191. The third kappa shape index (κ3) is 5.67. The number of aromatic nitrogens is 1. The molecule has 0 saturated carbocycles. The van der Waals surface area contributed by atoms with Crippen molar-refractivity contribution in [3.05, 3.63) is 216 Å². The van der Waals surface area contributed by atoms with Crippen LogP contribution in [0.3, 0.4) is 0 Å². The van der Waals surface area contributed by atoms with Crippen LogP contribution in [-0.2, 0) is 11.8 Å². The standard InChI is InChI=1S/C52H44N2/c1-5-40(53(41-18-10-7-11-19-41)43-31-32-45-44-20-12-14-22-48(44)52(3,4)49(45)35-43)28-24-36(2)39-27-33-51-47(34-39)46-21-13-15-23-50(46)54(51)42-29-25-38(26-30-42)37-16-8-6-9-17-37/h5-33,35,39H,2,34H2,1,3-4H3/b28-24-,40-5+. The van der Waals surface area contributed by atoms with Gasteiger partial charge in [0.2, 0.25) is 0 Å². The molecule has 0 fully saturated rings. The first kappa shape index (κ1) is 33.5. The van der Waals surface area contributed by atoms with Crippen molar-refractivity contribution in [2.75, 3.05) is 4.90 Å². The molecule has 6 aromatic carbocycles. The molecule has 0 bridgehead atoms. The van der Waals surface area contributed by atoms with Gasteiger partial charge in [-0.1, -0.05) is 148 Å². The minimum absolute atomic E-state index is 0.0780. The number of fused-ring (bicyclic) bond motifs is 6. The van der Waals surface area contributed by atoms with Gasteiger partial charge in [0.15, 0.2) is 0 Å². The lowest BCUT2D eigenvalue weighted by Crippen LogP contribution is -2.18. The second-order valence-corrected chi connectivity index (χ2v) is 15.0. The quantitative estimate of drug-likeness (QED) is 0.144. The Balaban J connectivity index is 1.02. The molecule has 2 nitrogen and oxygen atoms in total. The molecule has 0 N–H and O–H groups in total.